The molecule has 4 heteroatoms. The zero-order chi connectivity index (χ0) is 19.7. The highest BCUT2D eigenvalue weighted by Gasteiger charge is 2.14. The lowest BCUT2D eigenvalue weighted by Gasteiger charge is -2.12. The first-order chi connectivity index (χ1) is 13.5. The van der Waals surface area contributed by atoms with Crippen LogP contribution in [0.2, 0.25) is 0 Å². The Morgan fingerprint density at radius 3 is 1.68 bits per heavy atom. The van der Waals surface area contributed by atoms with Crippen LogP contribution in [-0.4, -0.2) is 20.4 Å². The number of fused-ring (bicyclic) bond motifs is 1. The van der Waals surface area contributed by atoms with Crippen LogP contribution in [0.3, 0.4) is 0 Å². The van der Waals surface area contributed by atoms with E-state index in [1.54, 1.807) is 42.5 Å². The first kappa shape index (κ1) is 17.7. The molecule has 0 radical (unpaired) electrons. The Bertz CT molecular complexity index is 1130. The van der Waals surface area contributed by atoms with Crippen LogP contribution in [0, 0.1) is 0 Å². The number of hydrogen-bond donors (Lipinski definition) is 4. The maximum Gasteiger partial charge on any atom is 0.130 e. The lowest BCUT2D eigenvalue weighted by molar-refractivity contribution is 0.445. The van der Waals surface area contributed by atoms with Crippen LogP contribution in [0.15, 0.2) is 72.8 Å². The molecule has 0 heterocycles. The molecule has 4 nitrogen and oxygen atoms in total. The molecule has 28 heavy (non-hydrogen) atoms. The van der Waals surface area contributed by atoms with Crippen molar-refractivity contribution in [1.29, 1.82) is 0 Å². The van der Waals surface area contributed by atoms with Crippen LogP contribution in [0.1, 0.15) is 22.3 Å². The van der Waals surface area contributed by atoms with Gasteiger partial charge in [-0.05, 0) is 64.9 Å². The maximum absolute atomic E-state index is 10.8. The van der Waals surface area contributed by atoms with E-state index in [2.05, 4.69) is 0 Å². The average molecular weight is 372 g/mol. The van der Waals surface area contributed by atoms with Gasteiger partial charge in [0.25, 0.3) is 0 Å². The Morgan fingerprint density at radius 1 is 0.536 bits per heavy atom. The van der Waals surface area contributed by atoms with Crippen molar-refractivity contribution in [3.05, 3.63) is 95.1 Å². The van der Waals surface area contributed by atoms with Crippen LogP contribution >= 0.6 is 0 Å². The van der Waals surface area contributed by atoms with E-state index in [9.17, 15) is 20.4 Å². The van der Waals surface area contributed by atoms with Crippen LogP contribution < -0.4 is 0 Å². The zero-order valence-electron chi connectivity index (χ0n) is 15.1. The molecule has 4 N–H and O–H groups in total. The van der Waals surface area contributed by atoms with Crippen LogP contribution in [-0.2, 0) is 12.8 Å². The van der Waals surface area contributed by atoms with Gasteiger partial charge in [-0.3, -0.25) is 0 Å². The second kappa shape index (κ2) is 7.16. The average Bonchev–Trinajstić information content (AvgIpc) is 2.69. The molecular formula is C24H20O4. The maximum atomic E-state index is 10.8. The fraction of sp³-hybridized carbons (Fsp3) is 0.0833. The SMILES string of the molecule is Oc1ccc(Cc2ccc3cc(O)c(Cc4ccc(O)cc4)c(O)c3c2)cc1. The van der Waals surface area contributed by atoms with E-state index in [0.717, 1.165) is 22.1 Å². The topological polar surface area (TPSA) is 80.9 Å². The van der Waals surface area contributed by atoms with Gasteiger partial charge in [-0.2, -0.15) is 0 Å². The first-order valence-corrected chi connectivity index (χ1v) is 9.02. The standard InChI is InChI=1S/C24H20O4/c25-19-7-2-15(3-8-19)11-17-1-6-18-14-23(27)22(24(28)21(18)13-17)12-16-4-9-20(26)10-5-16/h1-10,13-14,25-28H,11-12H2. The second-order valence-electron chi connectivity index (χ2n) is 6.96. The number of hydrogen-bond acceptors (Lipinski definition) is 4. The second-order valence-corrected chi connectivity index (χ2v) is 6.96. The van der Waals surface area contributed by atoms with Crippen LogP contribution in [0.5, 0.6) is 23.0 Å². The van der Waals surface area contributed by atoms with Gasteiger partial charge in [-0.25, -0.2) is 0 Å². The van der Waals surface area contributed by atoms with E-state index < -0.39 is 0 Å². The predicted molar refractivity (Wildman–Crippen MR) is 109 cm³/mol. The molecule has 0 saturated heterocycles. The highest BCUT2D eigenvalue weighted by Crippen LogP contribution is 2.37. The number of aromatic hydroxyl groups is 4. The summed E-state index contributed by atoms with van der Waals surface area (Å²) >= 11 is 0. The molecule has 4 rings (SSSR count). The summed E-state index contributed by atoms with van der Waals surface area (Å²) in [5.41, 5.74) is 3.41. The molecule has 0 aliphatic heterocycles. The summed E-state index contributed by atoms with van der Waals surface area (Å²) in [5.74, 6) is 0.517. The number of phenolic OH excluding ortho intramolecular Hbond substituents is 4. The van der Waals surface area contributed by atoms with Gasteiger partial charge in [0.15, 0.2) is 0 Å². The molecule has 140 valence electrons. The third-order valence-corrected chi connectivity index (χ3v) is 4.92. The minimum Gasteiger partial charge on any atom is -0.508 e. The van der Waals surface area contributed by atoms with Crippen LogP contribution in [0.25, 0.3) is 10.8 Å². The van der Waals surface area contributed by atoms with Gasteiger partial charge in [-0.1, -0.05) is 36.4 Å². The van der Waals surface area contributed by atoms with Gasteiger partial charge >= 0.3 is 0 Å². The summed E-state index contributed by atoms with van der Waals surface area (Å²) in [6.45, 7) is 0. The quantitative estimate of drug-likeness (QED) is 0.413. The van der Waals surface area contributed by atoms with E-state index >= 15 is 0 Å². The predicted octanol–water partition coefficient (Wildman–Crippen LogP) is 4.84. The summed E-state index contributed by atoms with van der Waals surface area (Å²) in [5, 5.41) is 41.5. The van der Waals surface area contributed by atoms with Gasteiger partial charge in [0.2, 0.25) is 0 Å². The van der Waals surface area contributed by atoms with Crippen molar-refractivity contribution in [2.24, 2.45) is 0 Å². The Kier molecular flexibility index (Phi) is 4.53. The van der Waals surface area contributed by atoms with Gasteiger partial charge < -0.3 is 20.4 Å². The first-order valence-electron chi connectivity index (χ1n) is 9.02. The zero-order valence-corrected chi connectivity index (χ0v) is 15.1. The summed E-state index contributed by atoms with van der Waals surface area (Å²) in [6.07, 6.45) is 1.03. The van der Waals surface area contributed by atoms with Gasteiger partial charge in [0.05, 0.1) is 0 Å². The lowest BCUT2D eigenvalue weighted by atomic mass is 9.96. The molecule has 0 aliphatic carbocycles. The van der Waals surface area contributed by atoms with Gasteiger partial charge in [-0.15, -0.1) is 0 Å². The molecule has 0 spiro atoms. The van der Waals surface area contributed by atoms with E-state index in [1.165, 1.54) is 0 Å². The number of phenols is 4. The Hall–Kier alpha value is -3.66. The summed E-state index contributed by atoms with van der Waals surface area (Å²) in [4.78, 5) is 0. The van der Waals surface area contributed by atoms with Crippen molar-refractivity contribution in [3.63, 3.8) is 0 Å². The summed E-state index contributed by atoms with van der Waals surface area (Å²) < 4.78 is 0. The van der Waals surface area contributed by atoms with E-state index in [4.69, 9.17) is 0 Å². The Morgan fingerprint density at radius 2 is 1.07 bits per heavy atom. The molecule has 4 aromatic rings. The summed E-state index contributed by atoms with van der Waals surface area (Å²) in [6, 6.07) is 21.2. The lowest BCUT2D eigenvalue weighted by Crippen LogP contribution is -1.93. The molecule has 0 amide bonds. The fourth-order valence-electron chi connectivity index (χ4n) is 3.40. The van der Waals surface area contributed by atoms with Gasteiger partial charge in [0.1, 0.15) is 23.0 Å². The van der Waals surface area contributed by atoms with Crippen molar-refractivity contribution in [1.82, 2.24) is 0 Å². The van der Waals surface area contributed by atoms with E-state index in [1.807, 2.05) is 30.3 Å². The molecule has 0 fully saturated rings. The van der Waals surface area contributed by atoms with E-state index in [-0.39, 0.29) is 23.0 Å². The Balaban J connectivity index is 1.71. The molecule has 0 atom stereocenters. The molecule has 0 bridgehead atoms. The molecule has 4 aromatic carbocycles. The fourth-order valence-corrected chi connectivity index (χ4v) is 3.40. The highest BCUT2D eigenvalue weighted by atomic mass is 16.3. The van der Waals surface area contributed by atoms with Crippen molar-refractivity contribution >= 4 is 10.8 Å². The third-order valence-electron chi connectivity index (χ3n) is 4.92. The van der Waals surface area contributed by atoms with Crippen molar-refractivity contribution in [2.45, 2.75) is 12.8 Å². The highest BCUT2D eigenvalue weighted by molar-refractivity contribution is 5.92. The normalized spacial score (nSPS) is 11.0. The third kappa shape index (κ3) is 3.58. The molecule has 0 saturated carbocycles. The molecule has 0 aromatic heterocycles. The molecule has 0 aliphatic rings. The molecule has 0 unspecified atom stereocenters. The molecular weight excluding hydrogens is 352 g/mol. The minimum absolute atomic E-state index is 0.0457. The van der Waals surface area contributed by atoms with Crippen molar-refractivity contribution in [2.75, 3.05) is 0 Å². The van der Waals surface area contributed by atoms with Gasteiger partial charge in [0, 0.05) is 17.4 Å². The van der Waals surface area contributed by atoms with Crippen LogP contribution in [0.4, 0.5) is 0 Å². The number of benzene rings is 4. The monoisotopic (exact) mass is 372 g/mol. The number of rotatable bonds is 4. The minimum atomic E-state index is 0.0457. The largest absolute Gasteiger partial charge is 0.508 e. The van der Waals surface area contributed by atoms with Crippen molar-refractivity contribution in [3.8, 4) is 23.0 Å². The smallest absolute Gasteiger partial charge is 0.130 e. The summed E-state index contributed by atoms with van der Waals surface area (Å²) in [7, 11) is 0. The Labute approximate surface area is 162 Å². The van der Waals surface area contributed by atoms with E-state index in [0.29, 0.717) is 23.8 Å². The van der Waals surface area contributed by atoms with Crippen molar-refractivity contribution < 1.29 is 20.4 Å².